The number of ether oxygens (including phenoxy) is 2. The van der Waals surface area contributed by atoms with Crippen LogP contribution >= 0.6 is 46.6 Å². The first-order valence-electron chi connectivity index (χ1n) is 8.38. The van der Waals surface area contributed by atoms with Crippen LogP contribution in [0.4, 0.5) is 0 Å². The second-order valence-corrected chi connectivity index (χ2v) is 9.63. The zero-order valence-corrected chi connectivity index (χ0v) is 19.2. The average molecular weight is 499 g/mol. The quantitative estimate of drug-likeness (QED) is 0.222. The Morgan fingerprint density at radius 1 is 1.07 bits per heavy atom. The number of carbonyl (C=O) groups is 1. The van der Waals surface area contributed by atoms with E-state index in [0.29, 0.717) is 18.1 Å². The summed E-state index contributed by atoms with van der Waals surface area (Å²) in [7, 11) is -3.81. The Labute approximate surface area is 188 Å². The number of nitrogens with one attached hydrogen (secondary N) is 1. The lowest BCUT2D eigenvalue weighted by Crippen LogP contribution is -2.26. The molecular weight excluding hydrogens is 481 g/mol. The van der Waals surface area contributed by atoms with Crippen LogP contribution in [-0.2, 0) is 19.6 Å². The van der Waals surface area contributed by atoms with Crippen LogP contribution in [0.2, 0.25) is 15.1 Å². The van der Waals surface area contributed by atoms with Gasteiger partial charge in [0.25, 0.3) is 0 Å². The van der Waals surface area contributed by atoms with Gasteiger partial charge >= 0.3 is 5.97 Å². The summed E-state index contributed by atoms with van der Waals surface area (Å²) in [5, 5.41) is 0.287. The van der Waals surface area contributed by atoms with Gasteiger partial charge in [-0.2, -0.15) is 0 Å². The molecule has 0 aliphatic heterocycles. The number of benzene rings is 2. The molecule has 0 bridgehead atoms. The van der Waals surface area contributed by atoms with Crippen molar-refractivity contribution in [3.05, 3.63) is 51.5 Å². The number of carbonyl (C=O) groups excluding carboxylic acids is 1. The van der Waals surface area contributed by atoms with Crippen molar-refractivity contribution in [1.29, 1.82) is 0 Å². The summed E-state index contributed by atoms with van der Waals surface area (Å²) in [6, 6.07) is 9.59. The van der Waals surface area contributed by atoms with Gasteiger partial charge in [-0.05, 0) is 43.3 Å². The molecule has 0 unspecified atom stereocenters. The van der Waals surface area contributed by atoms with E-state index in [9.17, 15) is 13.2 Å². The third kappa shape index (κ3) is 7.55. The molecule has 2 rings (SSSR count). The number of rotatable bonds is 10. The highest BCUT2D eigenvalue weighted by molar-refractivity contribution is 7.99. The summed E-state index contributed by atoms with van der Waals surface area (Å²) >= 11 is 19.1. The molecule has 0 atom stereocenters. The van der Waals surface area contributed by atoms with Gasteiger partial charge in [0, 0.05) is 17.2 Å². The average Bonchev–Trinajstić information content (AvgIpc) is 2.67. The molecule has 0 aromatic heterocycles. The van der Waals surface area contributed by atoms with E-state index in [2.05, 4.69) is 4.72 Å². The molecule has 11 heteroatoms. The number of hydrogen-bond donors (Lipinski definition) is 1. The third-order valence-electron chi connectivity index (χ3n) is 3.41. The molecule has 0 saturated heterocycles. The van der Waals surface area contributed by atoms with Crippen LogP contribution in [-0.4, -0.2) is 39.9 Å². The van der Waals surface area contributed by atoms with Crippen molar-refractivity contribution in [1.82, 2.24) is 4.72 Å². The lowest BCUT2D eigenvalue weighted by atomic mass is 10.3. The summed E-state index contributed by atoms with van der Waals surface area (Å²) in [5.41, 5.74) is 0. The number of halogens is 3. The van der Waals surface area contributed by atoms with Crippen molar-refractivity contribution >= 4 is 62.6 Å². The molecule has 6 nitrogen and oxygen atoms in total. The first kappa shape index (κ1) is 24.1. The van der Waals surface area contributed by atoms with Crippen LogP contribution in [0, 0.1) is 0 Å². The van der Waals surface area contributed by atoms with Crippen molar-refractivity contribution < 1.29 is 22.7 Å². The van der Waals surface area contributed by atoms with Gasteiger partial charge in [0.1, 0.15) is 10.6 Å². The molecule has 0 aliphatic rings. The maximum atomic E-state index is 12.4. The maximum absolute atomic E-state index is 12.4. The molecule has 0 radical (unpaired) electrons. The van der Waals surface area contributed by atoms with Gasteiger partial charge in [-0.1, -0.05) is 34.8 Å². The predicted molar refractivity (Wildman–Crippen MR) is 116 cm³/mol. The normalized spacial score (nSPS) is 11.3. The zero-order valence-electron chi connectivity index (χ0n) is 15.3. The number of sulfonamides is 1. The fraction of sp³-hybridized carbons (Fsp3) is 0.278. The van der Waals surface area contributed by atoms with E-state index in [1.807, 2.05) is 12.1 Å². The van der Waals surface area contributed by atoms with Gasteiger partial charge in [-0.15, -0.1) is 11.8 Å². The topological polar surface area (TPSA) is 81.7 Å². The van der Waals surface area contributed by atoms with Crippen molar-refractivity contribution in [3.63, 3.8) is 0 Å². The minimum absolute atomic E-state index is 0.00189. The highest BCUT2D eigenvalue weighted by Gasteiger charge is 2.19. The highest BCUT2D eigenvalue weighted by Crippen LogP contribution is 2.31. The van der Waals surface area contributed by atoms with Crippen LogP contribution in [0.5, 0.6) is 5.75 Å². The third-order valence-corrected chi connectivity index (χ3v) is 7.07. The Morgan fingerprint density at radius 3 is 2.38 bits per heavy atom. The monoisotopic (exact) mass is 497 g/mol. The zero-order chi connectivity index (χ0) is 21.4. The van der Waals surface area contributed by atoms with E-state index in [4.69, 9.17) is 44.3 Å². The van der Waals surface area contributed by atoms with Crippen LogP contribution in [0.25, 0.3) is 0 Å². The standard InChI is InChI=1S/C18H18Cl3NO5S2/c1-2-26-18(23)11-27-12-3-5-13(6-4-12)28-8-7-22-29(24,25)17-10-15(20)14(19)9-16(17)21/h3-6,9-10,22H,2,7-8,11H2,1H3. The lowest BCUT2D eigenvalue weighted by Gasteiger charge is -2.10. The van der Waals surface area contributed by atoms with Gasteiger partial charge in [-0.25, -0.2) is 17.9 Å². The molecule has 2 aromatic carbocycles. The minimum Gasteiger partial charge on any atom is -0.482 e. The van der Waals surface area contributed by atoms with Crippen molar-refractivity contribution in [2.45, 2.75) is 16.7 Å². The van der Waals surface area contributed by atoms with E-state index < -0.39 is 16.0 Å². The van der Waals surface area contributed by atoms with Crippen molar-refractivity contribution in [2.24, 2.45) is 0 Å². The molecule has 29 heavy (non-hydrogen) atoms. The molecule has 2 aromatic rings. The smallest absolute Gasteiger partial charge is 0.344 e. The van der Waals surface area contributed by atoms with Crippen LogP contribution in [0.3, 0.4) is 0 Å². The van der Waals surface area contributed by atoms with E-state index in [1.54, 1.807) is 19.1 Å². The molecule has 0 spiro atoms. The molecule has 1 N–H and O–H groups in total. The number of thioether (sulfide) groups is 1. The summed E-state index contributed by atoms with van der Waals surface area (Å²) in [5.74, 6) is 0.596. The van der Waals surface area contributed by atoms with Crippen molar-refractivity contribution in [3.8, 4) is 5.75 Å². The fourth-order valence-corrected chi connectivity index (χ4v) is 5.04. The van der Waals surface area contributed by atoms with Crippen LogP contribution in [0.1, 0.15) is 6.92 Å². The SMILES string of the molecule is CCOC(=O)COc1ccc(SCCNS(=O)(=O)c2cc(Cl)c(Cl)cc2Cl)cc1. The molecule has 0 aliphatic carbocycles. The molecule has 0 fully saturated rings. The van der Waals surface area contributed by atoms with Crippen molar-refractivity contribution in [2.75, 3.05) is 25.5 Å². The predicted octanol–water partition coefficient (Wildman–Crippen LogP) is 4.66. The summed E-state index contributed by atoms with van der Waals surface area (Å²) in [6.07, 6.45) is 0. The molecule has 0 heterocycles. The second kappa shape index (κ2) is 11.3. The first-order chi connectivity index (χ1) is 13.7. The number of hydrogen-bond acceptors (Lipinski definition) is 6. The van der Waals surface area contributed by atoms with Crippen LogP contribution in [0.15, 0.2) is 46.2 Å². The van der Waals surface area contributed by atoms with Gasteiger partial charge in [0.2, 0.25) is 10.0 Å². The highest BCUT2D eigenvalue weighted by atomic mass is 35.5. The summed E-state index contributed by atoms with van der Waals surface area (Å²) in [6.45, 7) is 2.06. The largest absolute Gasteiger partial charge is 0.482 e. The Morgan fingerprint density at radius 2 is 1.72 bits per heavy atom. The second-order valence-electron chi connectivity index (χ2n) is 5.51. The molecule has 158 valence electrons. The lowest BCUT2D eigenvalue weighted by molar-refractivity contribution is -0.145. The Hall–Kier alpha value is -1.16. The van der Waals surface area contributed by atoms with E-state index in [-0.39, 0.29) is 33.1 Å². The Kier molecular flexibility index (Phi) is 9.39. The molecular formula is C18H18Cl3NO5S2. The van der Waals surface area contributed by atoms with E-state index >= 15 is 0 Å². The van der Waals surface area contributed by atoms with Gasteiger partial charge in [-0.3, -0.25) is 0 Å². The van der Waals surface area contributed by atoms with E-state index in [1.165, 1.54) is 23.9 Å². The minimum atomic E-state index is -3.81. The number of esters is 1. The first-order valence-corrected chi connectivity index (χ1v) is 12.0. The molecule has 0 saturated carbocycles. The van der Waals surface area contributed by atoms with Gasteiger partial charge in [0.05, 0.1) is 21.7 Å². The van der Waals surface area contributed by atoms with Gasteiger partial charge in [0.15, 0.2) is 6.61 Å². The summed E-state index contributed by atoms with van der Waals surface area (Å²) in [4.78, 5) is 12.1. The van der Waals surface area contributed by atoms with E-state index in [0.717, 1.165) is 4.90 Å². The Balaban J connectivity index is 1.83. The summed E-state index contributed by atoms with van der Waals surface area (Å²) < 4.78 is 37.3. The van der Waals surface area contributed by atoms with Gasteiger partial charge < -0.3 is 9.47 Å². The fourth-order valence-electron chi connectivity index (χ4n) is 2.11. The maximum Gasteiger partial charge on any atom is 0.344 e. The molecule has 0 amide bonds. The Bertz CT molecular complexity index is 953. The van der Waals surface area contributed by atoms with Crippen LogP contribution < -0.4 is 9.46 Å².